The molecule has 100 valence electrons. The molecule has 18 heavy (non-hydrogen) atoms. The second kappa shape index (κ2) is 5.45. The van der Waals surface area contributed by atoms with Crippen molar-refractivity contribution in [3.8, 4) is 5.75 Å². The summed E-state index contributed by atoms with van der Waals surface area (Å²) in [5.74, 6) is 0.115. The molecule has 1 aliphatic carbocycles. The number of rotatable bonds is 3. The second-order valence-electron chi connectivity index (χ2n) is 5.01. The molecule has 0 heterocycles. The number of benzene rings is 1. The Kier molecular flexibility index (Phi) is 4.13. The Balaban J connectivity index is 2.45. The highest BCUT2D eigenvalue weighted by atomic mass is 35.5. The lowest BCUT2D eigenvalue weighted by molar-refractivity contribution is 0.291. The van der Waals surface area contributed by atoms with Gasteiger partial charge in [0.15, 0.2) is 0 Å². The Hall–Kier alpha value is -0.800. The molecule has 2 N–H and O–H groups in total. The first-order chi connectivity index (χ1) is 8.63. The molecule has 0 aliphatic heterocycles. The van der Waals surface area contributed by atoms with E-state index in [1.165, 1.54) is 19.6 Å². The van der Waals surface area contributed by atoms with E-state index in [9.17, 15) is 4.39 Å². The first-order valence-corrected chi connectivity index (χ1v) is 6.74. The summed E-state index contributed by atoms with van der Waals surface area (Å²) in [6, 6.07) is 3.05. The minimum atomic E-state index is -0.261. The molecule has 4 heteroatoms. The number of nitrogens with two attached hydrogens (primary N) is 1. The van der Waals surface area contributed by atoms with Crippen molar-refractivity contribution in [1.29, 1.82) is 0 Å². The van der Waals surface area contributed by atoms with E-state index < -0.39 is 0 Å². The summed E-state index contributed by atoms with van der Waals surface area (Å²) >= 11 is 6.11. The second-order valence-corrected chi connectivity index (χ2v) is 5.42. The van der Waals surface area contributed by atoms with Crippen molar-refractivity contribution in [3.05, 3.63) is 28.5 Å². The Morgan fingerprint density at radius 1 is 1.33 bits per heavy atom. The highest BCUT2D eigenvalue weighted by Gasteiger charge is 2.35. The molecule has 1 aromatic carbocycles. The summed E-state index contributed by atoms with van der Waals surface area (Å²) in [6.07, 6.45) is 5.26. The molecule has 1 saturated carbocycles. The zero-order valence-corrected chi connectivity index (χ0v) is 11.4. The first kappa shape index (κ1) is 13.6. The van der Waals surface area contributed by atoms with E-state index in [2.05, 4.69) is 0 Å². The number of halogens is 2. The predicted octanol–water partition coefficient (Wildman–Crippen LogP) is 3.65. The molecule has 0 saturated heterocycles. The largest absolute Gasteiger partial charge is 0.495 e. The van der Waals surface area contributed by atoms with E-state index in [-0.39, 0.29) is 11.2 Å². The van der Waals surface area contributed by atoms with Crippen LogP contribution in [0.4, 0.5) is 4.39 Å². The van der Waals surface area contributed by atoms with Gasteiger partial charge in [-0.3, -0.25) is 0 Å². The number of methoxy groups -OCH3 is 1. The van der Waals surface area contributed by atoms with Crippen LogP contribution in [0.1, 0.15) is 37.7 Å². The summed E-state index contributed by atoms with van der Waals surface area (Å²) in [5.41, 5.74) is 6.32. The minimum Gasteiger partial charge on any atom is -0.495 e. The standard InChI is InChI=1S/C14H19ClFNO/c1-18-13-8-12(16)10(7-11(13)15)14(9-17)5-3-2-4-6-14/h7-8H,2-6,9,17H2,1H3. The minimum absolute atomic E-state index is 0.252. The molecule has 2 rings (SSSR count). The van der Waals surface area contributed by atoms with E-state index in [4.69, 9.17) is 22.1 Å². The molecule has 0 radical (unpaired) electrons. The van der Waals surface area contributed by atoms with Gasteiger partial charge in [-0.1, -0.05) is 30.9 Å². The van der Waals surface area contributed by atoms with Crippen molar-refractivity contribution in [2.75, 3.05) is 13.7 Å². The molecule has 0 aromatic heterocycles. The fourth-order valence-corrected chi connectivity index (χ4v) is 3.14. The van der Waals surface area contributed by atoms with Gasteiger partial charge in [0, 0.05) is 18.0 Å². The van der Waals surface area contributed by atoms with Crippen molar-refractivity contribution < 1.29 is 9.13 Å². The zero-order chi connectivity index (χ0) is 13.2. The Labute approximate surface area is 112 Å². The van der Waals surface area contributed by atoms with Gasteiger partial charge in [0.1, 0.15) is 11.6 Å². The van der Waals surface area contributed by atoms with Gasteiger partial charge in [-0.15, -0.1) is 0 Å². The molecule has 1 fully saturated rings. The Morgan fingerprint density at radius 3 is 2.56 bits per heavy atom. The van der Waals surface area contributed by atoms with Crippen molar-refractivity contribution in [2.45, 2.75) is 37.5 Å². The van der Waals surface area contributed by atoms with Crippen LogP contribution in [0, 0.1) is 5.82 Å². The van der Waals surface area contributed by atoms with Crippen LogP contribution in [0.3, 0.4) is 0 Å². The van der Waals surface area contributed by atoms with E-state index in [1.54, 1.807) is 6.07 Å². The maximum atomic E-state index is 14.2. The van der Waals surface area contributed by atoms with Crippen molar-refractivity contribution in [2.24, 2.45) is 5.73 Å². The topological polar surface area (TPSA) is 35.2 Å². The van der Waals surface area contributed by atoms with E-state index in [1.807, 2.05) is 0 Å². The van der Waals surface area contributed by atoms with Crippen LogP contribution in [-0.4, -0.2) is 13.7 Å². The third-order valence-corrected chi connectivity index (χ3v) is 4.31. The normalized spacial score (nSPS) is 18.7. The lowest BCUT2D eigenvalue weighted by Crippen LogP contribution is -2.38. The van der Waals surface area contributed by atoms with Crippen LogP contribution >= 0.6 is 11.6 Å². The maximum Gasteiger partial charge on any atom is 0.140 e. The maximum absolute atomic E-state index is 14.2. The smallest absolute Gasteiger partial charge is 0.140 e. The van der Waals surface area contributed by atoms with Gasteiger partial charge >= 0.3 is 0 Å². The molecular formula is C14H19ClFNO. The molecule has 0 unspecified atom stereocenters. The van der Waals surface area contributed by atoms with Crippen LogP contribution in [0.15, 0.2) is 12.1 Å². The van der Waals surface area contributed by atoms with Crippen LogP contribution in [-0.2, 0) is 5.41 Å². The highest BCUT2D eigenvalue weighted by molar-refractivity contribution is 6.32. The van der Waals surface area contributed by atoms with Crippen molar-refractivity contribution >= 4 is 11.6 Å². The van der Waals surface area contributed by atoms with Gasteiger partial charge in [0.25, 0.3) is 0 Å². The third kappa shape index (κ3) is 2.34. The molecular weight excluding hydrogens is 253 g/mol. The molecule has 2 nitrogen and oxygen atoms in total. The quantitative estimate of drug-likeness (QED) is 0.911. The van der Waals surface area contributed by atoms with Gasteiger partial charge in [-0.2, -0.15) is 0 Å². The fourth-order valence-electron chi connectivity index (χ4n) is 2.90. The predicted molar refractivity (Wildman–Crippen MR) is 71.8 cm³/mol. The molecule has 0 bridgehead atoms. The zero-order valence-electron chi connectivity index (χ0n) is 10.6. The summed E-state index contributed by atoms with van der Waals surface area (Å²) in [7, 11) is 1.49. The summed E-state index contributed by atoms with van der Waals surface area (Å²) in [4.78, 5) is 0. The van der Waals surface area contributed by atoms with Crippen LogP contribution < -0.4 is 10.5 Å². The van der Waals surface area contributed by atoms with Crippen LogP contribution in [0.25, 0.3) is 0 Å². The van der Waals surface area contributed by atoms with Crippen molar-refractivity contribution in [1.82, 2.24) is 0 Å². The van der Waals surface area contributed by atoms with E-state index in [0.717, 1.165) is 25.7 Å². The lowest BCUT2D eigenvalue weighted by Gasteiger charge is -2.37. The number of hydrogen-bond acceptors (Lipinski definition) is 2. The average Bonchev–Trinajstić information content (AvgIpc) is 2.41. The molecule has 1 aromatic rings. The van der Waals surface area contributed by atoms with Gasteiger partial charge in [-0.05, 0) is 24.5 Å². The number of hydrogen-bond donors (Lipinski definition) is 1. The van der Waals surface area contributed by atoms with E-state index >= 15 is 0 Å². The monoisotopic (exact) mass is 271 g/mol. The van der Waals surface area contributed by atoms with Gasteiger partial charge < -0.3 is 10.5 Å². The highest BCUT2D eigenvalue weighted by Crippen LogP contribution is 2.42. The van der Waals surface area contributed by atoms with Gasteiger partial charge in [0.05, 0.1) is 12.1 Å². The van der Waals surface area contributed by atoms with Crippen molar-refractivity contribution in [3.63, 3.8) is 0 Å². The van der Waals surface area contributed by atoms with Crippen LogP contribution in [0.2, 0.25) is 5.02 Å². The number of ether oxygens (including phenoxy) is 1. The van der Waals surface area contributed by atoms with Gasteiger partial charge in [0.2, 0.25) is 0 Å². The first-order valence-electron chi connectivity index (χ1n) is 6.36. The average molecular weight is 272 g/mol. The van der Waals surface area contributed by atoms with Crippen LogP contribution in [0.5, 0.6) is 5.75 Å². The summed E-state index contributed by atoms with van der Waals surface area (Å²) in [6.45, 7) is 0.465. The third-order valence-electron chi connectivity index (χ3n) is 4.01. The molecule has 0 spiro atoms. The molecule has 0 atom stereocenters. The molecule has 1 aliphatic rings. The molecule has 0 amide bonds. The lowest BCUT2D eigenvalue weighted by atomic mass is 9.69. The Bertz CT molecular complexity index is 430. The SMILES string of the molecule is COc1cc(F)c(C2(CN)CCCCC2)cc1Cl. The van der Waals surface area contributed by atoms with E-state index in [0.29, 0.717) is 22.9 Å². The Morgan fingerprint density at radius 2 is 2.00 bits per heavy atom. The summed E-state index contributed by atoms with van der Waals surface area (Å²) in [5, 5.41) is 0.451. The fraction of sp³-hybridized carbons (Fsp3) is 0.571. The van der Waals surface area contributed by atoms with Gasteiger partial charge in [-0.25, -0.2) is 4.39 Å². The summed E-state index contributed by atoms with van der Waals surface area (Å²) < 4.78 is 19.3.